The van der Waals surface area contributed by atoms with Gasteiger partial charge < -0.3 is 34.3 Å². The van der Waals surface area contributed by atoms with Crippen molar-refractivity contribution in [3.05, 3.63) is 122 Å². The fourth-order valence-corrected chi connectivity index (χ4v) is 6.71. The summed E-state index contributed by atoms with van der Waals surface area (Å²) in [4.78, 5) is 0. The van der Waals surface area contributed by atoms with E-state index in [1.54, 1.807) is 28.4 Å². The van der Waals surface area contributed by atoms with Crippen LogP contribution >= 0.6 is 0 Å². The van der Waals surface area contributed by atoms with Gasteiger partial charge in [0, 0.05) is 61.5 Å². The molecule has 0 spiro atoms. The first-order valence-corrected chi connectivity index (χ1v) is 16.5. The molecule has 3 N–H and O–H groups in total. The molecule has 0 bridgehead atoms. The zero-order valence-electron chi connectivity index (χ0n) is 30.0. The molecule has 0 aliphatic carbocycles. The molecule has 7 heteroatoms. The second-order valence-electron chi connectivity index (χ2n) is 13.2. The molecule has 4 rings (SSSR count). The van der Waals surface area contributed by atoms with Crippen molar-refractivity contribution >= 4 is 0 Å². The minimum absolute atomic E-state index is 0.152. The van der Waals surface area contributed by atoms with Crippen molar-refractivity contribution in [3.63, 3.8) is 0 Å². The highest BCUT2D eigenvalue weighted by Gasteiger charge is 2.35. The molecule has 0 aliphatic rings. The summed E-state index contributed by atoms with van der Waals surface area (Å²) >= 11 is 0. The van der Waals surface area contributed by atoms with Gasteiger partial charge in [0.25, 0.3) is 0 Å². The van der Waals surface area contributed by atoms with Crippen molar-refractivity contribution in [1.29, 1.82) is 0 Å². The Hall–Kier alpha value is -3.88. The lowest BCUT2D eigenvalue weighted by Crippen LogP contribution is -2.27. The van der Waals surface area contributed by atoms with Gasteiger partial charge in [0.1, 0.15) is 17.2 Å². The van der Waals surface area contributed by atoms with E-state index >= 15 is 0 Å². The van der Waals surface area contributed by atoms with E-state index in [1.807, 2.05) is 24.3 Å². The molecule has 0 heterocycles. The van der Waals surface area contributed by atoms with Crippen LogP contribution in [0.5, 0.6) is 17.2 Å². The van der Waals surface area contributed by atoms with E-state index in [9.17, 15) is 15.3 Å². The third kappa shape index (κ3) is 7.10. The molecule has 0 amide bonds. The van der Waals surface area contributed by atoms with Crippen LogP contribution in [0.3, 0.4) is 0 Å². The lowest BCUT2D eigenvalue weighted by molar-refractivity contribution is 0.174. The van der Waals surface area contributed by atoms with Gasteiger partial charge >= 0.3 is 0 Å². The zero-order chi connectivity index (χ0) is 35.2. The third-order valence-corrected chi connectivity index (χ3v) is 9.82. The summed E-state index contributed by atoms with van der Waals surface area (Å²) in [7, 11) is 6.43. The zero-order valence-corrected chi connectivity index (χ0v) is 30.0. The molecular weight excluding hydrogens is 604 g/mol. The van der Waals surface area contributed by atoms with Gasteiger partial charge in [0.05, 0.1) is 26.4 Å². The average molecular weight is 657 g/mol. The molecule has 7 nitrogen and oxygen atoms in total. The summed E-state index contributed by atoms with van der Waals surface area (Å²) in [5.41, 5.74) is 8.65. The van der Waals surface area contributed by atoms with E-state index < -0.39 is 5.41 Å². The maximum absolute atomic E-state index is 11.1. The van der Waals surface area contributed by atoms with Crippen molar-refractivity contribution in [2.45, 2.75) is 84.7 Å². The van der Waals surface area contributed by atoms with Gasteiger partial charge in [0.15, 0.2) is 0 Å². The Balaban J connectivity index is 1.98. The van der Waals surface area contributed by atoms with Gasteiger partial charge in [-0.15, -0.1) is 0 Å². The average Bonchev–Trinajstić information content (AvgIpc) is 3.08. The van der Waals surface area contributed by atoms with Gasteiger partial charge in [-0.2, -0.15) is 0 Å². The first kappa shape index (κ1) is 36.9. The molecule has 4 aromatic carbocycles. The van der Waals surface area contributed by atoms with E-state index in [4.69, 9.17) is 18.9 Å². The van der Waals surface area contributed by atoms with Crippen LogP contribution in [0.1, 0.15) is 95.8 Å². The number of phenolic OH excluding ortho intramolecular Hbond substituents is 3. The number of hydrogen-bond donors (Lipinski definition) is 3. The molecule has 0 unspecified atom stereocenters. The van der Waals surface area contributed by atoms with Crippen LogP contribution in [-0.2, 0) is 69.0 Å². The summed E-state index contributed by atoms with van der Waals surface area (Å²) in [6.45, 7) is 11.6. The number of phenols is 3. The van der Waals surface area contributed by atoms with Crippen LogP contribution in [0.15, 0.2) is 60.7 Å². The maximum atomic E-state index is 11.1. The molecule has 0 atom stereocenters. The van der Waals surface area contributed by atoms with Crippen molar-refractivity contribution in [2.75, 3.05) is 28.4 Å². The van der Waals surface area contributed by atoms with E-state index in [1.165, 1.54) is 0 Å². The Morgan fingerprint density at radius 1 is 0.438 bits per heavy atom. The second-order valence-corrected chi connectivity index (χ2v) is 13.2. The van der Waals surface area contributed by atoms with Crippen molar-refractivity contribution in [3.8, 4) is 17.2 Å². The Morgan fingerprint density at radius 2 is 0.729 bits per heavy atom. The molecular formula is C41H52O7. The van der Waals surface area contributed by atoms with Gasteiger partial charge in [-0.05, 0) is 83.0 Å². The predicted octanol–water partition coefficient (Wildman–Crippen LogP) is 8.19. The van der Waals surface area contributed by atoms with Crippen molar-refractivity contribution < 1.29 is 34.3 Å². The van der Waals surface area contributed by atoms with Crippen LogP contribution < -0.4 is 0 Å². The van der Waals surface area contributed by atoms with Crippen molar-refractivity contribution in [1.82, 2.24) is 0 Å². The van der Waals surface area contributed by atoms with Crippen LogP contribution in [0.4, 0.5) is 0 Å². The number of hydrogen-bond acceptors (Lipinski definition) is 7. The molecule has 0 radical (unpaired) electrons. The van der Waals surface area contributed by atoms with Gasteiger partial charge in [0.2, 0.25) is 0 Å². The SMILES string of the molecule is CCc1cc(C(C)(C)c2ccc(C(C)(c3cc(COC)c(O)c(COC)c3)c3cc(COC)c(O)c(COC)c3)cc2)cc(CC)c1O. The summed E-state index contributed by atoms with van der Waals surface area (Å²) in [6.07, 6.45) is 1.51. The summed E-state index contributed by atoms with van der Waals surface area (Å²) in [5.74, 6) is 0.703. The summed E-state index contributed by atoms with van der Waals surface area (Å²) < 4.78 is 22.0. The lowest BCUT2D eigenvalue weighted by Gasteiger charge is -2.35. The highest BCUT2D eigenvalue weighted by Crippen LogP contribution is 2.45. The van der Waals surface area contributed by atoms with Crippen LogP contribution in [0, 0.1) is 0 Å². The highest BCUT2D eigenvalue weighted by molar-refractivity contribution is 5.58. The standard InChI is InChI=1S/C41H52O7/c1-10-26-16-34(17-27(11-2)37(26)42)40(3,4)32-12-14-33(15-13-32)41(5,35-18-28(22-45-6)38(43)29(19-35)23-46-7)36-20-30(24-47-8)39(44)31(21-36)25-48-9/h12-21,42-44H,10-11,22-25H2,1-9H3. The quantitative estimate of drug-likeness (QED) is 0.111. The fourth-order valence-electron chi connectivity index (χ4n) is 6.71. The topological polar surface area (TPSA) is 97.6 Å². The van der Waals surface area contributed by atoms with Gasteiger partial charge in [-0.1, -0.05) is 64.1 Å². The van der Waals surface area contributed by atoms with Crippen LogP contribution in [0.2, 0.25) is 0 Å². The Kier molecular flexibility index (Phi) is 12.0. The molecule has 48 heavy (non-hydrogen) atoms. The molecule has 258 valence electrons. The monoisotopic (exact) mass is 656 g/mol. The Morgan fingerprint density at radius 3 is 1.04 bits per heavy atom. The lowest BCUT2D eigenvalue weighted by atomic mass is 9.68. The van der Waals surface area contributed by atoms with E-state index in [2.05, 4.69) is 71.0 Å². The number of aromatic hydroxyl groups is 3. The summed E-state index contributed by atoms with van der Waals surface area (Å²) in [5, 5.41) is 33.0. The minimum atomic E-state index is -0.747. The van der Waals surface area contributed by atoms with Crippen LogP contribution in [-0.4, -0.2) is 43.8 Å². The number of aryl methyl sites for hydroxylation is 2. The van der Waals surface area contributed by atoms with Gasteiger partial charge in [-0.25, -0.2) is 0 Å². The minimum Gasteiger partial charge on any atom is -0.507 e. The number of rotatable bonds is 15. The number of benzene rings is 4. The highest BCUT2D eigenvalue weighted by atomic mass is 16.5. The van der Waals surface area contributed by atoms with E-state index in [0.29, 0.717) is 28.0 Å². The predicted molar refractivity (Wildman–Crippen MR) is 190 cm³/mol. The first-order valence-electron chi connectivity index (χ1n) is 16.5. The number of methoxy groups -OCH3 is 4. The van der Waals surface area contributed by atoms with Gasteiger partial charge in [-0.3, -0.25) is 0 Å². The third-order valence-electron chi connectivity index (χ3n) is 9.82. The van der Waals surface area contributed by atoms with E-state index in [0.717, 1.165) is 51.8 Å². The largest absolute Gasteiger partial charge is 0.507 e. The maximum Gasteiger partial charge on any atom is 0.126 e. The Labute approximate surface area is 286 Å². The first-order chi connectivity index (χ1) is 22.9. The van der Waals surface area contributed by atoms with E-state index in [-0.39, 0.29) is 43.3 Å². The molecule has 0 fully saturated rings. The normalized spacial score (nSPS) is 12.1. The molecule has 0 aromatic heterocycles. The van der Waals surface area contributed by atoms with Crippen molar-refractivity contribution in [2.24, 2.45) is 0 Å². The fraction of sp³-hybridized carbons (Fsp3) is 0.415. The second kappa shape index (κ2) is 15.6. The van der Waals surface area contributed by atoms with Crippen LogP contribution in [0.25, 0.3) is 0 Å². The number of ether oxygens (including phenoxy) is 4. The molecule has 0 saturated carbocycles. The molecule has 4 aromatic rings. The molecule has 0 aliphatic heterocycles. The summed E-state index contributed by atoms with van der Waals surface area (Å²) in [6, 6.07) is 20.9. The molecule has 0 saturated heterocycles. The Bertz CT molecular complexity index is 1560. The smallest absolute Gasteiger partial charge is 0.126 e.